The van der Waals surface area contributed by atoms with Crippen LogP contribution in [-0.4, -0.2) is 55.4 Å². The number of carbonyl (C=O) groups is 1. The number of hydrazone groups is 1. The Morgan fingerprint density at radius 2 is 2.10 bits per heavy atom. The van der Waals surface area contributed by atoms with Gasteiger partial charge in [0, 0.05) is 12.1 Å². The Labute approximate surface area is 181 Å². The molecule has 30 heavy (non-hydrogen) atoms. The molecule has 1 amide bonds. The number of nitrogens with zero attached hydrogens (tertiary/aromatic N) is 7. The third kappa shape index (κ3) is 4.58. The summed E-state index contributed by atoms with van der Waals surface area (Å²) >= 11 is 12.1. The lowest BCUT2D eigenvalue weighted by Crippen LogP contribution is -2.27. The fourth-order valence-electron chi connectivity index (χ4n) is 2.62. The number of amides is 1. The van der Waals surface area contributed by atoms with E-state index in [2.05, 4.69) is 40.7 Å². The zero-order valence-corrected chi connectivity index (χ0v) is 17.7. The highest BCUT2D eigenvalue weighted by Crippen LogP contribution is 2.24. The number of aromatic nitrogens is 5. The van der Waals surface area contributed by atoms with E-state index in [1.807, 2.05) is 13.8 Å². The van der Waals surface area contributed by atoms with Crippen molar-refractivity contribution in [3.63, 3.8) is 0 Å². The summed E-state index contributed by atoms with van der Waals surface area (Å²) < 4.78 is 5.97. The first-order valence-electron chi connectivity index (χ1n) is 8.98. The normalized spacial score (nSPS) is 11.5. The van der Waals surface area contributed by atoms with Gasteiger partial charge < -0.3 is 5.73 Å². The minimum Gasteiger partial charge on any atom is -0.378 e. The van der Waals surface area contributed by atoms with E-state index in [0.717, 1.165) is 13.1 Å². The van der Waals surface area contributed by atoms with Crippen molar-refractivity contribution in [1.82, 2.24) is 35.6 Å². The van der Waals surface area contributed by atoms with Gasteiger partial charge in [0.1, 0.15) is 0 Å². The smallest absolute Gasteiger partial charge is 0.293 e. The number of nitrogen functional groups attached to an aromatic ring is 1. The van der Waals surface area contributed by atoms with Gasteiger partial charge in [-0.15, -0.1) is 5.10 Å². The molecule has 3 aromatic rings. The summed E-state index contributed by atoms with van der Waals surface area (Å²) in [4.78, 5) is 14.8. The average molecular weight is 452 g/mol. The standard InChI is InChI=1S/C17H19Cl2N9O2/c1-3-27(4-2)9-12-14(22-26-28(12)16-15(20)24-30-25-16)17(29)23-21-8-10-6-5-7-11(18)13(10)19/h5-8H,3-4,9H2,1-2H3,(H2,20,24)(H,23,29). The second-order valence-electron chi connectivity index (χ2n) is 6.07. The molecule has 158 valence electrons. The van der Waals surface area contributed by atoms with Crippen LogP contribution >= 0.6 is 23.2 Å². The first-order valence-corrected chi connectivity index (χ1v) is 9.74. The van der Waals surface area contributed by atoms with E-state index in [0.29, 0.717) is 27.8 Å². The second kappa shape index (κ2) is 9.65. The van der Waals surface area contributed by atoms with E-state index >= 15 is 0 Å². The molecule has 0 saturated heterocycles. The van der Waals surface area contributed by atoms with Crippen LogP contribution in [0.25, 0.3) is 5.82 Å². The topological polar surface area (TPSA) is 140 Å². The third-order valence-electron chi connectivity index (χ3n) is 4.29. The van der Waals surface area contributed by atoms with E-state index < -0.39 is 5.91 Å². The van der Waals surface area contributed by atoms with Gasteiger partial charge in [-0.3, -0.25) is 9.69 Å². The molecule has 0 aliphatic heterocycles. The zero-order chi connectivity index (χ0) is 21.7. The number of halogens is 2. The van der Waals surface area contributed by atoms with Crippen LogP contribution in [0.1, 0.15) is 35.6 Å². The van der Waals surface area contributed by atoms with Crippen molar-refractivity contribution in [2.24, 2.45) is 5.10 Å². The summed E-state index contributed by atoms with van der Waals surface area (Å²) in [7, 11) is 0. The number of rotatable bonds is 8. The minimum absolute atomic E-state index is 0.0290. The highest BCUT2D eigenvalue weighted by Gasteiger charge is 2.24. The summed E-state index contributed by atoms with van der Waals surface area (Å²) in [5.41, 5.74) is 9.29. The first-order chi connectivity index (χ1) is 14.5. The van der Waals surface area contributed by atoms with Crippen LogP contribution in [0.2, 0.25) is 10.0 Å². The molecule has 0 aliphatic rings. The van der Waals surface area contributed by atoms with Crippen molar-refractivity contribution in [2.45, 2.75) is 20.4 Å². The van der Waals surface area contributed by atoms with Gasteiger partial charge in [0.15, 0.2) is 5.69 Å². The molecule has 0 unspecified atom stereocenters. The zero-order valence-electron chi connectivity index (χ0n) is 16.2. The SMILES string of the molecule is CCN(CC)Cc1c(C(=O)NN=Cc2cccc(Cl)c2Cl)nnn1-c1nonc1N. The number of hydrogen-bond acceptors (Lipinski definition) is 9. The van der Waals surface area contributed by atoms with Crippen molar-refractivity contribution >= 4 is 41.1 Å². The Morgan fingerprint density at radius 3 is 2.77 bits per heavy atom. The van der Waals surface area contributed by atoms with Gasteiger partial charge in [-0.1, -0.05) is 54.4 Å². The Kier molecular flexibility index (Phi) is 6.98. The van der Waals surface area contributed by atoms with Gasteiger partial charge in [0.25, 0.3) is 5.91 Å². The van der Waals surface area contributed by atoms with Crippen LogP contribution in [0.15, 0.2) is 27.9 Å². The fraction of sp³-hybridized carbons (Fsp3) is 0.294. The summed E-state index contributed by atoms with van der Waals surface area (Å²) in [6, 6.07) is 5.09. The number of anilines is 1. The summed E-state index contributed by atoms with van der Waals surface area (Å²) in [6.45, 7) is 5.88. The third-order valence-corrected chi connectivity index (χ3v) is 5.13. The van der Waals surface area contributed by atoms with Crippen LogP contribution in [0.5, 0.6) is 0 Å². The lowest BCUT2D eigenvalue weighted by molar-refractivity contribution is 0.0948. The van der Waals surface area contributed by atoms with Crippen molar-refractivity contribution in [2.75, 3.05) is 18.8 Å². The molecule has 2 aromatic heterocycles. The number of carbonyl (C=O) groups excluding carboxylic acids is 1. The molecule has 0 radical (unpaired) electrons. The maximum Gasteiger partial charge on any atom is 0.293 e. The van der Waals surface area contributed by atoms with Gasteiger partial charge in [-0.2, -0.15) is 9.78 Å². The molecule has 3 rings (SSSR count). The summed E-state index contributed by atoms with van der Waals surface area (Å²) in [5, 5.41) is 19.9. The summed E-state index contributed by atoms with van der Waals surface area (Å²) in [5.74, 6) is -0.382. The van der Waals surface area contributed by atoms with Crippen molar-refractivity contribution in [3.8, 4) is 5.82 Å². The van der Waals surface area contributed by atoms with Crippen molar-refractivity contribution in [1.29, 1.82) is 0 Å². The largest absolute Gasteiger partial charge is 0.378 e. The minimum atomic E-state index is -0.562. The van der Waals surface area contributed by atoms with Gasteiger partial charge in [0.2, 0.25) is 11.6 Å². The molecule has 11 nitrogen and oxygen atoms in total. The predicted octanol–water partition coefficient (Wildman–Crippen LogP) is 2.15. The first kappa shape index (κ1) is 21.7. The second-order valence-corrected chi connectivity index (χ2v) is 6.86. The Hall–Kier alpha value is -3.02. The van der Waals surface area contributed by atoms with E-state index in [1.165, 1.54) is 10.9 Å². The lowest BCUT2D eigenvalue weighted by Gasteiger charge is -2.18. The lowest BCUT2D eigenvalue weighted by atomic mass is 10.2. The Bertz CT molecular complexity index is 1060. The van der Waals surface area contributed by atoms with Crippen molar-refractivity contribution in [3.05, 3.63) is 45.2 Å². The Morgan fingerprint density at radius 1 is 1.33 bits per heavy atom. The molecule has 0 bridgehead atoms. The van der Waals surface area contributed by atoms with E-state index in [1.54, 1.807) is 18.2 Å². The molecular formula is C17H19Cl2N9O2. The van der Waals surface area contributed by atoms with Crippen LogP contribution in [0.4, 0.5) is 5.82 Å². The Balaban J connectivity index is 1.87. The number of benzene rings is 1. The number of nitrogens with one attached hydrogen (secondary N) is 1. The van der Waals surface area contributed by atoms with Gasteiger partial charge in [-0.25, -0.2) is 10.1 Å². The molecular weight excluding hydrogens is 433 g/mol. The maximum atomic E-state index is 12.7. The van der Waals surface area contributed by atoms with Crippen LogP contribution in [-0.2, 0) is 6.54 Å². The van der Waals surface area contributed by atoms with Crippen LogP contribution < -0.4 is 11.2 Å². The fourth-order valence-corrected chi connectivity index (χ4v) is 2.98. The van der Waals surface area contributed by atoms with Gasteiger partial charge >= 0.3 is 0 Å². The van der Waals surface area contributed by atoms with Gasteiger partial charge in [-0.05, 0) is 29.5 Å². The van der Waals surface area contributed by atoms with E-state index in [9.17, 15) is 4.79 Å². The van der Waals surface area contributed by atoms with E-state index in [-0.39, 0.29) is 17.3 Å². The molecule has 3 N–H and O–H groups in total. The van der Waals surface area contributed by atoms with E-state index in [4.69, 9.17) is 28.9 Å². The van der Waals surface area contributed by atoms with Crippen molar-refractivity contribution < 1.29 is 9.42 Å². The monoisotopic (exact) mass is 451 g/mol. The van der Waals surface area contributed by atoms with Crippen LogP contribution in [0.3, 0.4) is 0 Å². The maximum absolute atomic E-state index is 12.7. The van der Waals surface area contributed by atoms with Gasteiger partial charge in [0.05, 0.1) is 22.0 Å². The molecule has 0 fully saturated rings. The highest BCUT2D eigenvalue weighted by molar-refractivity contribution is 6.43. The highest BCUT2D eigenvalue weighted by atomic mass is 35.5. The summed E-state index contributed by atoms with van der Waals surface area (Å²) in [6.07, 6.45) is 1.39. The molecule has 1 aromatic carbocycles. The molecule has 0 spiro atoms. The molecule has 0 atom stereocenters. The number of nitrogens with two attached hydrogens (primary N) is 1. The predicted molar refractivity (Wildman–Crippen MR) is 112 cm³/mol. The number of hydrogen-bond donors (Lipinski definition) is 2. The quantitative estimate of drug-likeness (QED) is 0.391. The molecule has 13 heteroatoms. The average Bonchev–Trinajstić information content (AvgIpc) is 3.34. The molecule has 2 heterocycles. The molecule has 0 saturated carbocycles. The van der Waals surface area contributed by atoms with Crippen LogP contribution in [0, 0.1) is 0 Å². The molecule has 0 aliphatic carbocycles.